The van der Waals surface area contributed by atoms with E-state index in [1.165, 1.54) is 18.4 Å². The van der Waals surface area contributed by atoms with Gasteiger partial charge in [-0.3, -0.25) is 0 Å². The molecule has 0 bridgehead atoms. The summed E-state index contributed by atoms with van der Waals surface area (Å²) in [6.45, 7) is 7.29. The Bertz CT molecular complexity index is 606. The van der Waals surface area contributed by atoms with Crippen LogP contribution in [0.15, 0.2) is 18.2 Å². The minimum absolute atomic E-state index is 0.312. The third-order valence-electron chi connectivity index (χ3n) is 4.15. The number of ether oxygens (including phenoxy) is 1. The number of hydrogen-bond donors (Lipinski definition) is 2. The summed E-state index contributed by atoms with van der Waals surface area (Å²) in [6, 6.07) is 6.22. The average molecular weight is 430 g/mol. The molecule has 0 aliphatic carbocycles. The van der Waals surface area contributed by atoms with Gasteiger partial charge in [0.25, 0.3) is 0 Å². The summed E-state index contributed by atoms with van der Waals surface area (Å²) in [5.74, 6) is -1.54. The molecule has 1 saturated heterocycles. The van der Waals surface area contributed by atoms with Crippen LogP contribution in [0.1, 0.15) is 38.3 Å². The summed E-state index contributed by atoms with van der Waals surface area (Å²) >= 11 is 12.1. The first-order valence-corrected chi connectivity index (χ1v) is 9.34. The zero-order valence-corrected chi connectivity index (χ0v) is 16.7. The molecule has 154 valence electrons. The number of benzene rings is 1. The van der Waals surface area contributed by atoms with Crippen molar-refractivity contribution in [2.75, 3.05) is 19.8 Å². The molecule has 9 heteroatoms. The topological polar surface area (TPSA) is 58.6 Å². The van der Waals surface area contributed by atoms with Crippen molar-refractivity contribution in [1.29, 1.82) is 0 Å². The first kappa shape index (κ1) is 24.0. The highest BCUT2D eigenvalue weighted by Gasteiger charge is 2.38. The van der Waals surface area contributed by atoms with Crippen molar-refractivity contribution in [1.82, 2.24) is 5.32 Å². The van der Waals surface area contributed by atoms with Crippen molar-refractivity contribution in [3.8, 4) is 0 Å². The van der Waals surface area contributed by atoms with Crippen molar-refractivity contribution < 1.29 is 27.8 Å². The Kier molecular flexibility index (Phi) is 9.87. The van der Waals surface area contributed by atoms with Crippen LogP contribution in [-0.2, 0) is 9.53 Å². The van der Waals surface area contributed by atoms with Crippen LogP contribution in [0.25, 0.3) is 0 Å². The third-order valence-corrected chi connectivity index (χ3v) is 4.89. The van der Waals surface area contributed by atoms with Crippen molar-refractivity contribution >= 4 is 29.2 Å². The van der Waals surface area contributed by atoms with Gasteiger partial charge in [0.05, 0.1) is 10.0 Å². The van der Waals surface area contributed by atoms with Gasteiger partial charge in [-0.2, -0.15) is 13.2 Å². The number of carboxylic acid groups (broad SMARTS) is 1. The monoisotopic (exact) mass is 429 g/mol. The summed E-state index contributed by atoms with van der Waals surface area (Å²) in [7, 11) is 0. The molecule has 0 aromatic heterocycles. The van der Waals surface area contributed by atoms with Gasteiger partial charge in [-0.05, 0) is 48.9 Å². The Morgan fingerprint density at radius 2 is 1.96 bits per heavy atom. The van der Waals surface area contributed by atoms with Gasteiger partial charge < -0.3 is 15.2 Å². The number of halogens is 5. The number of rotatable bonds is 6. The van der Waals surface area contributed by atoms with E-state index in [9.17, 15) is 13.2 Å². The minimum atomic E-state index is -5.08. The van der Waals surface area contributed by atoms with Gasteiger partial charge >= 0.3 is 12.1 Å². The standard InChI is InChI=1S/C16H23Cl2NO.C2HF3O2/c1-11(2)16(13-3-4-14(17)15(18)9-13)19-7-5-12-6-8-20-10-12;3-2(4,5)1(6)7/h3-4,9,11-12,16,19H,5-8,10H2,1-2H3;(H,6,7). The van der Waals surface area contributed by atoms with Crippen LogP contribution in [0.2, 0.25) is 10.0 Å². The second-order valence-electron chi connectivity index (χ2n) is 6.67. The fourth-order valence-electron chi connectivity index (χ4n) is 2.70. The number of carbonyl (C=O) groups is 1. The number of hydrogen-bond acceptors (Lipinski definition) is 3. The number of nitrogens with one attached hydrogen (secondary N) is 1. The number of alkyl halides is 3. The summed E-state index contributed by atoms with van der Waals surface area (Å²) in [5, 5.41) is 12.0. The van der Waals surface area contributed by atoms with Gasteiger partial charge in [0, 0.05) is 19.3 Å². The first-order valence-electron chi connectivity index (χ1n) is 8.58. The van der Waals surface area contributed by atoms with Crippen molar-refractivity contribution in [3.63, 3.8) is 0 Å². The number of aliphatic carboxylic acids is 1. The van der Waals surface area contributed by atoms with E-state index in [-0.39, 0.29) is 0 Å². The molecule has 0 radical (unpaired) electrons. The lowest BCUT2D eigenvalue weighted by atomic mass is 9.95. The predicted octanol–water partition coefficient (Wildman–Crippen LogP) is 5.34. The number of carboxylic acids is 1. The van der Waals surface area contributed by atoms with E-state index >= 15 is 0 Å². The van der Waals surface area contributed by atoms with Gasteiger partial charge in [-0.25, -0.2) is 4.79 Å². The highest BCUT2D eigenvalue weighted by atomic mass is 35.5. The van der Waals surface area contributed by atoms with E-state index in [0.717, 1.165) is 19.8 Å². The third kappa shape index (κ3) is 8.68. The van der Waals surface area contributed by atoms with Crippen LogP contribution >= 0.6 is 23.2 Å². The van der Waals surface area contributed by atoms with Crippen molar-refractivity contribution in [2.45, 2.75) is 38.9 Å². The maximum atomic E-state index is 10.6. The van der Waals surface area contributed by atoms with Gasteiger partial charge in [-0.1, -0.05) is 43.1 Å². The molecule has 0 amide bonds. The molecule has 2 N–H and O–H groups in total. The molecule has 1 aliphatic heterocycles. The Balaban J connectivity index is 0.000000445. The van der Waals surface area contributed by atoms with Crippen LogP contribution in [0.4, 0.5) is 13.2 Å². The van der Waals surface area contributed by atoms with E-state index in [1.54, 1.807) is 0 Å². The Morgan fingerprint density at radius 3 is 2.41 bits per heavy atom. The summed E-state index contributed by atoms with van der Waals surface area (Å²) in [5.41, 5.74) is 1.21. The summed E-state index contributed by atoms with van der Waals surface area (Å²) < 4.78 is 37.2. The molecule has 2 unspecified atom stereocenters. The molecule has 2 atom stereocenters. The average Bonchev–Trinajstić information content (AvgIpc) is 3.07. The molecular formula is C18H24Cl2F3NO3. The quantitative estimate of drug-likeness (QED) is 0.640. The molecule has 1 fully saturated rings. The van der Waals surface area contributed by atoms with E-state index in [2.05, 4.69) is 25.2 Å². The van der Waals surface area contributed by atoms with E-state index in [0.29, 0.717) is 27.9 Å². The highest BCUT2D eigenvalue weighted by Crippen LogP contribution is 2.29. The first-order chi connectivity index (χ1) is 12.5. The van der Waals surface area contributed by atoms with Gasteiger partial charge in [0.15, 0.2) is 0 Å². The van der Waals surface area contributed by atoms with Crippen LogP contribution in [0.5, 0.6) is 0 Å². The van der Waals surface area contributed by atoms with Gasteiger partial charge in [-0.15, -0.1) is 0 Å². The molecule has 1 heterocycles. The van der Waals surface area contributed by atoms with Crippen LogP contribution < -0.4 is 5.32 Å². The van der Waals surface area contributed by atoms with E-state index in [1.807, 2.05) is 12.1 Å². The van der Waals surface area contributed by atoms with E-state index in [4.69, 9.17) is 37.8 Å². The molecule has 4 nitrogen and oxygen atoms in total. The maximum Gasteiger partial charge on any atom is 0.490 e. The lowest BCUT2D eigenvalue weighted by Crippen LogP contribution is -2.28. The minimum Gasteiger partial charge on any atom is -0.475 e. The second-order valence-corrected chi connectivity index (χ2v) is 7.48. The van der Waals surface area contributed by atoms with Crippen LogP contribution in [-0.4, -0.2) is 37.0 Å². The van der Waals surface area contributed by atoms with Crippen molar-refractivity contribution in [2.24, 2.45) is 11.8 Å². The zero-order valence-electron chi connectivity index (χ0n) is 15.2. The second kappa shape index (κ2) is 11.1. The van der Waals surface area contributed by atoms with Crippen LogP contribution in [0, 0.1) is 11.8 Å². The Labute approximate surface area is 167 Å². The molecular weight excluding hydrogens is 406 g/mol. The normalized spacial score (nSPS) is 18.1. The smallest absolute Gasteiger partial charge is 0.475 e. The molecule has 1 aromatic carbocycles. The van der Waals surface area contributed by atoms with E-state index < -0.39 is 12.1 Å². The Morgan fingerprint density at radius 1 is 1.33 bits per heavy atom. The summed E-state index contributed by atoms with van der Waals surface area (Å²) in [4.78, 5) is 8.90. The highest BCUT2D eigenvalue weighted by molar-refractivity contribution is 6.42. The molecule has 2 rings (SSSR count). The van der Waals surface area contributed by atoms with Gasteiger partial charge in [0.1, 0.15) is 0 Å². The lowest BCUT2D eigenvalue weighted by Gasteiger charge is -2.24. The fraction of sp³-hybridized carbons (Fsp3) is 0.611. The molecule has 0 spiro atoms. The lowest BCUT2D eigenvalue weighted by molar-refractivity contribution is -0.192. The SMILES string of the molecule is CC(C)C(NCCC1CCOC1)c1ccc(Cl)c(Cl)c1.O=C(O)C(F)(F)F. The van der Waals surface area contributed by atoms with Crippen molar-refractivity contribution in [3.05, 3.63) is 33.8 Å². The zero-order chi connectivity index (χ0) is 20.6. The molecule has 27 heavy (non-hydrogen) atoms. The maximum absolute atomic E-state index is 10.6. The molecule has 1 aromatic rings. The Hall–Kier alpha value is -1.02. The fourth-order valence-corrected chi connectivity index (χ4v) is 3.00. The van der Waals surface area contributed by atoms with Crippen LogP contribution in [0.3, 0.4) is 0 Å². The summed E-state index contributed by atoms with van der Waals surface area (Å²) in [6.07, 6.45) is -2.72. The molecule has 1 aliphatic rings. The largest absolute Gasteiger partial charge is 0.490 e. The predicted molar refractivity (Wildman–Crippen MR) is 99.3 cm³/mol. The van der Waals surface area contributed by atoms with Gasteiger partial charge in [0.2, 0.25) is 0 Å². The molecule has 0 saturated carbocycles.